The van der Waals surface area contributed by atoms with Gasteiger partial charge in [0.2, 0.25) is 5.78 Å². The van der Waals surface area contributed by atoms with Gasteiger partial charge in [-0.15, -0.1) is 11.3 Å². The van der Waals surface area contributed by atoms with E-state index in [1.165, 1.54) is 11.3 Å². The number of aliphatic hydroxyl groups excluding tert-OH is 1. The Bertz CT molecular complexity index is 1250. The number of hydrogen-bond acceptors (Lipinski definition) is 7. The molecule has 1 aliphatic heterocycles. The first-order valence-corrected chi connectivity index (χ1v) is 13.3. The summed E-state index contributed by atoms with van der Waals surface area (Å²) in [5.74, 6) is -0.348. The van der Waals surface area contributed by atoms with Gasteiger partial charge in [-0.25, -0.2) is 0 Å². The maximum Gasteiger partial charge on any atom is 0.290 e. The number of hydrogen-bond donors (Lipinski definition) is 1. The molecule has 3 aromatic rings. The molecule has 1 amide bonds. The van der Waals surface area contributed by atoms with E-state index in [1.54, 1.807) is 41.7 Å². The fourth-order valence-electron chi connectivity index (χ4n) is 4.50. The van der Waals surface area contributed by atoms with E-state index in [2.05, 4.69) is 18.7 Å². The summed E-state index contributed by atoms with van der Waals surface area (Å²) >= 11 is 1.28. The third-order valence-corrected chi connectivity index (χ3v) is 7.45. The Morgan fingerprint density at radius 3 is 2.46 bits per heavy atom. The highest BCUT2D eigenvalue weighted by molar-refractivity contribution is 7.12. The summed E-state index contributed by atoms with van der Waals surface area (Å²) < 4.78 is 11.6. The summed E-state index contributed by atoms with van der Waals surface area (Å²) in [6, 6.07) is 17.9. The molecule has 0 spiro atoms. The van der Waals surface area contributed by atoms with E-state index in [4.69, 9.17) is 9.47 Å². The number of rotatable bonds is 12. The number of thiophene rings is 1. The van der Waals surface area contributed by atoms with Gasteiger partial charge in [0.05, 0.1) is 23.6 Å². The summed E-state index contributed by atoms with van der Waals surface area (Å²) in [5, 5.41) is 12.7. The van der Waals surface area contributed by atoms with Crippen molar-refractivity contribution in [3.05, 3.63) is 93.4 Å². The van der Waals surface area contributed by atoms with Crippen molar-refractivity contribution < 1.29 is 24.2 Å². The van der Waals surface area contributed by atoms with Crippen molar-refractivity contribution in [1.82, 2.24) is 9.80 Å². The Kier molecular flexibility index (Phi) is 8.63. The van der Waals surface area contributed by atoms with Crippen LogP contribution in [-0.2, 0) is 11.4 Å². The van der Waals surface area contributed by atoms with Crippen LogP contribution in [0.5, 0.6) is 11.5 Å². The van der Waals surface area contributed by atoms with Crippen LogP contribution in [0.15, 0.2) is 77.4 Å². The topological polar surface area (TPSA) is 79.3 Å². The Morgan fingerprint density at radius 2 is 1.81 bits per heavy atom. The molecule has 1 aliphatic rings. The third kappa shape index (κ3) is 5.70. The molecule has 1 aromatic heterocycles. The van der Waals surface area contributed by atoms with E-state index < -0.39 is 17.7 Å². The number of Topliss-reactive ketones (excluding diaryl/α,β-unsaturated/α-hetero) is 1. The summed E-state index contributed by atoms with van der Waals surface area (Å²) in [6.45, 7) is 7.16. The number of nitrogens with zero attached hydrogens (tertiary/aromatic N) is 2. The zero-order chi connectivity index (χ0) is 26.4. The Morgan fingerprint density at radius 1 is 1.05 bits per heavy atom. The van der Waals surface area contributed by atoms with Gasteiger partial charge in [0.1, 0.15) is 6.61 Å². The van der Waals surface area contributed by atoms with E-state index in [0.717, 1.165) is 18.7 Å². The van der Waals surface area contributed by atoms with E-state index in [0.29, 0.717) is 41.6 Å². The van der Waals surface area contributed by atoms with Gasteiger partial charge < -0.3 is 24.4 Å². The van der Waals surface area contributed by atoms with Gasteiger partial charge in [0.15, 0.2) is 17.3 Å². The molecule has 0 bridgehead atoms. The van der Waals surface area contributed by atoms with Crippen LogP contribution in [0.2, 0.25) is 0 Å². The molecule has 7 nitrogen and oxygen atoms in total. The number of aliphatic hydroxyl groups is 1. The largest absolute Gasteiger partial charge is 0.503 e. The monoisotopic (exact) mass is 520 g/mol. The minimum atomic E-state index is -0.741. The van der Waals surface area contributed by atoms with Crippen LogP contribution in [0.4, 0.5) is 0 Å². The lowest BCUT2D eigenvalue weighted by Crippen LogP contribution is -2.38. The molecule has 0 aliphatic carbocycles. The fourth-order valence-corrected chi connectivity index (χ4v) is 5.18. The molecule has 37 heavy (non-hydrogen) atoms. The van der Waals surface area contributed by atoms with Crippen molar-refractivity contribution in [3.8, 4) is 11.5 Å². The zero-order valence-electron chi connectivity index (χ0n) is 21.3. The second-order valence-electron chi connectivity index (χ2n) is 8.68. The van der Waals surface area contributed by atoms with Crippen molar-refractivity contribution in [1.29, 1.82) is 0 Å². The zero-order valence-corrected chi connectivity index (χ0v) is 22.2. The van der Waals surface area contributed by atoms with Gasteiger partial charge in [-0.05, 0) is 47.8 Å². The predicted molar refractivity (Wildman–Crippen MR) is 144 cm³/mol. The SMILES string of the molecule is CCN(CC)CCN1C(=O)C(O)=C(C(=O)c2cccs2)C1c1ccc(OCc2ccccc2)c(OC)c1. The van der Waals surface area contributed by atoms with E-state index >= 15 is 0 Å². The molecule has 1 unspecified atom stereocenters. The van der Waals surface area contributed by atoms with Crippen LogP contribution in [0.1, 0.15) is 40.7 Å². The highest BCUT2D eigenvalue weighted by Gasteiger charge is 2.44. The number of ether oxygens (including phenoxy) is 2. The van der Waals surface area contributed by atoms with E-state index in [9.17, 15) is 14.7 Å². The number of amides is 1. The molecule has 0 saturated carbocycles. The maximum absolute atomic E-state index is 13.5. The summed E-state index contributed by atoms with van der Waals surface area (Å²) in [6.07, 6.45) is 0. The summed E-state index contributed by atoms with van der Waals surface area (Å²) in [5.41, 5.74) is 1.78. The van der Waals surface area contributed by atoms with Crippen molar-refractivity contribution in [2.75, 3.05) is 33.3 Å². The van der Waals surface area contributed by atoms with Crippen LogP contribution < -0.4 is 9.47 Å². The van der Waals surface area contributed by atoms with Crippen LogP contribution in [0.25, 0.3) is 0 Å². The number of ketones is 1. The summed E-state index contributed by atoms with van der Waals surface area (Å²) in [7, 11) is 1.55. The lowest BCUT2D eigenvalue weighted by Gasteiger charge is -2.29. The molecule has 1 atom stereocenters. The Hall–Kier alpha value is -3.62. The second-order valence-corrected chi connectivity index (χ2v) is 9.63. The average Bonchev–Trinajstić information content (AvgIpc) is 3.56. The highest BCUT2D eigenvalue weighted by atomic mass is 32.1. The first kappa shape index (κ1) is 26.4. The van der Waals surface area contributed by atoms with Gasteiger partial charge in [-0.3, -0.25) is 9.59 Å². The van der Waals surface area contributed by atoms with Gasteiger partial charge in [0.25, 0.3) is 5.91 Å². The molecule has 8 heteroatoms. The fraction of sp³-hybridized carbons (Fsp3) is 0.310. The highest BCUT2D eigenvalue weighted by Crippen LogP contribution is 2.42. The maximum atomic E-state index is 13.5. The first-order chi connectivity index (χ1) is 18.0. The normalized spacial score (nSPS) is 15.5. The van der Waals surface area contributed by atoms with Crippen LogP contribution in [-0.4, -0.2) is 59.9 Å². The van der Waals surface area contributed by atoms with Gasteiger partial charge in [-0.1, -0.05) is 56.3 Å². The molecule has 0 saturated heterocycles. The Balaban J connectivity index is 1.68. The quantitative estimate of drug-likeness (QED) is 0.329. The van der Waals surface area contributed by atoms with Crippen LogP contribution >= 0.6 is 11.3 Å². The van der Waals surface area contributed by atoms with Crippen molar-refractivity contribution >= 4 is 23.0 Å². The lowest BCUT2D eigenvalue weighted by atomic mass is 9.95. The van der Waals surface area contributed by atoms with E-state index in [-0.39, 0.29) is 11.4 Å². The lowest BCUT2D eigenvalue weighted by molar-refractivity contribution is -0.129. The number of carbonyl (C=O) groups excluding carboxylic acids is 2. The molecule has 1 N–H and O–H groups in total. The first-order valence-electron chi connectivity index (χ1n) is 12.4. The minimum Gasteiger partial charge on any atom is -0.503 e. The number of likely N-dealkylation sites (N-methyl/N-ethyl adjacent to an activating group) is 1. The molecule has 4 rings (SSSR count). The molecular formula is C29H32N2O5S. The third-order valence-electron chi connectivity index (χ3n) is 6.59. The molecule has 0 fully saturated rings. The van der Waals surface area contributed by atoms with Crippen molar-refractivity contribution in [2.24, 2.45) is 0 Å². The number of carbonyl (C=O) groups is 2. The van der Waals surface area contributed by atoms with Gasteiger partial charge >= 0.3 is 0 Å². The van der Waals surface area contributed by atoms with Crippen LogP contribution in [0.3, 0.4) is 0 Å². The minimum absolute atomic E-state index is 0.0898. The smallest absolute Gasteiger partial charge is 0.290 e. The van der Waals surface area contributed by atoms with Gasteiger partial charge in [0, 0.05) is 13.1 Å². The van der Waals surface area contributed by atoms with Crippen LogP contribution in [0, 0.1) is 0 Å². The molecule has 2 aromatic carbocycles. The van der Waals surface area contributed by atoms with E-state index in [1.807, 2.05) is 36.4 Å². The standard InChI is InChI=1S/C29H32N2O5S/c1-4-30(5-2)15-16-31-26(25(28(33)29(31)34)27(32)24-12-9-17-37-24)21-13-14-22(23(18-21)35-3)36-19-20-10-7-6-8-11-20/h6-14,17-18,26,33H,4-5,15-16,19H2,1-3H3. The second kappa shape index (κ2) is 12.1. The number of benzene rings is 2. The molecule has 0 radical (unpaired) electrons. The van der Waals surface area contributed by atoms with Crippen molar-refractivity contribution in [2.45, 2.75) is 26.5 Å². The molecule has 2 heterocycles. The van der Waals surface area contributed by atoms with Gasteiger partial charge in [-0.2, -0.15) is 0 Å². The molecule has 194 valence electrons. The Labute approximate surface area is 221 Å². The predicted octanol–water partition coefficient (Wildman–Crippen LogP) is 5.26. The molecular weight excluding hydrogens is 488 g/mol. The summed E-state index contributed by atoms with van der Waals surface area (Å²) in [4.78, 5) is 31.0. The number of methoxy groups -OCH3 is 1. The average molecular weight is 521 g/mol. The van der Waals surface area contributed by atoms with Crippen molar-refractivity contribution in [3.63, 3.8) is 0 Å².